The Balaban J connectivity index is 1.90. The van der Waals surface area contributed by atoms with Crippen molar-refractivity contribution in [2.24, 2.45) is 0 Å². The van der Waals surface area contributed by atoms with Crippen LogP contribution in [-0.4, -0.2) is 35.6 Å². The number of thiazole rings is 1. The van der Waals surface area contributed by atoms with E-state index in [-0.39, 0.29) is 0 Å². The fourth-order valence-corrected chi connectivity index (χ4v) is 2.71. The van der Waals surface area contributed by atoms with Crippen molar-refractivity contribution in [3.8, 4) is 0 Å². The standard InChI is InChI=1S/C9H14ClN3S/c1-7-5-13(3-2-11-7)6-9-12-4-8(10)14-9/h4,7,11H,2-3,5-6H2,1H3/t7-/m0/s1. The third-order valence-electron chi connectivity index (χ3n) is 2.34. The maximum atomic E-state index is 5.83. The molecule has 3 nitrogen and oxygen atoms in total. The van der Waals surface area contributed by atoms with Gasteiger partial charge in [-0.1, -0.05) is 11.6 Å². The molecule has 2 rings (SSSR count). The van der Waals surface area contributed by atoms with Crippen molar-refractivity contribution in [1.29, 1.82) is 0 Å². The number of halogens is 1. The Morgan fingerprint density at radius 2 is 2.64 bits per heavy atom. The van der Waals surface area contributed by atoms with Crippen molar-refractivity contribution in [3.05, 3.63) is 15.5 Å². The molecule has 0 unspecified atom stereocenters. The van der Waals surface area contributed by atoms with Gasteiger partial charge in [0.25, 0.3) is 0 Å². The van der Waals surface area contributed by atoms with Crippen LogP contribution in [0.5, 0.6) is 0 Å². The number of rotatable bonds is 2. The van der Waals surface area contributed by atoms with Crippen molar-refractivity contribution < 1.29 is 0 Å². The zero-order valence-corrected chi connectivity index (χ0v) is 9.74. The van der Waals surface area contributed by atoms with Crippen LogP contribution in [-0.2, 0) is 6.54 Å². The SMILES string of the molecule is C[C@H]1CN(Cc2ncc(Cl)s2)CCN1. The van der Waals surface area contributed by atoms with E-state index >= 15 is 0 Å². The lowest BCUT2D eigenvalue weighted by atomic mass is 10.2. The molecular weight excluding hydrogens is 218 g/mol. The van der Waals surface area contributed by atoms with Gasteiger partial charge in [0.1, 0.15) is 9.34 Å². The van der Waals surface area contributed by atoms with Gasteiger partial charge in [0.2, 0.25) is 0 Å². The molecule has 0 spiro atoms. The maximum absolute atomic E-state index is 5.83. The van der Waals surface area contributed by atoms with Crippen LogP contribution in [0.3, 0.4) is 0 Å². The average Bonchev–Trinajstić information content (AvgIpc) is 2.51. The summed E-state index contributed by atoms with van der Waals surface area (Å²) in [6, 6.07) is 0.583. The predicted octanol–water partition coefficient (Wildman–Crippen LogP) is 1.59. The minimum Gasteiger partial charge on any atom is -0.312 e. The van der Waals surface area contributed by atoms with E-state index in [0.29, 0.717) is 6.04 Å². The van der Waals surface area contributed by atoms with Crippen LogP contribution in [0.25, 0.3) is 0 Å². The smallest absolute Gasteiger partial charge is 0.113 e. The highest BCUT2D eigenvalue weighted by molar-refractivity contribution is 7.15. The molecule has 1 N–H and O–H groups in total. The Bertz CT molecular complexity index is 302. The van der Waals surface area contributed by atoms with E-state index in [0.717, 1.165) is 35.5 Å². The molecular formula is C9H14ClN3S. The summed E-state index contributed by atoms with van der Waals surface area (Å²) in [6.07, 6.45) is 1.73. The molecule has 5 heteroatoms. The second kappa shape index (κ2) is 4.57. The second-order valence-corrected chi connectivity index (χ2v) is 5.39. The lowest BCUT2D eigenvalue weighted by Gasteiger charge is -2.30. The van der Waals surface area contributed by atoms with Crippen molar-refractivity contribution >= 4 is 22.9 Å². The molecule has 0 aromatic carbocycles. The Hall–Kier alpha value is -0.160. The summed E-state index contributed by atoms with van der Waals surface area (Å²) in [5.41, 5.74) is 0. The molecule has 0 saturated carbocycles. The average molecular weight is 232 g/mol. The van der Waals surface area contributed by atoms with E-state index in [4.69, 9.17) is 11.6 Å². The van der Waals surface area contributed by atoms with Gasteiger partial charge in [-0.05, 0) is 6.92 Å². The van der Waals surface area contributed by atoms with Gasteiger partial charge in [0.15, 0.2) is 0 Å². The fourth-order valence-electron chi connectivity index (χ4n) is 1.71. The highest BCUT2D eigenvalue weighted by Crippen LogP contribution is 2.19. The van der Waals surface area contributed by atoms with E-state index in [1.807, 2.05) is 0 Å². The molecule has 78 valence electrons. The van der Waals surface area contributed by atoms with Crippen LogP contribution in [0, 0.1) is 0 Å². The van der Waals surface area contributed by atoms with Crippen molar-refractivity contribution in [2.75, 3.05) is 19.6 Å². The summed E-state index contributed by atoms with van der Waals surface area (Å²) in [7, 11) is 0. The van der Waals surface area contributed by atoms with Gasteiger partial charge < -0.3 is 5.32 Å². The van der Waals surface area contributed by atoms with Crippen molar-refractivity contribution in [1.82, 2.24) is 15.2 Å². The number of nitrogens with zero attached hydrogens (tertiary/aromatic N) is 2. The van der Waals surface area contributed by atoms with Crippen LogP contribution in [0.2, 0.25) is 4.34 Å². The monoisotopic (exact) mass is 231 g/mol. The summed E-state index contributed by atoms with van der Waals surface area (Å²) in [5, 5.41) is 4.53. The van der Waals surface area contributed by atoms with Crippen LogP contribution in [0.15, 0.2) is 6.20 Å². The Morgan fingerprint density at radius 3 is 3.29 bits per heavy atom. The number of nitrogens with one attached hydrogen (secondary N) is 1. The minimum atomic E-state index is 0.583. The molecule has 1 aromatic heterocycles. The van der Waals surface area contributed by atoms with E-state index in [2.05, 4.69) is 22.1 Å². The zero-order valence-electron chi connectivity index (χ0n) is 8.16. The highest BCUT2D eigenvalue weighted by atomic mass is 35.5. The van der Waals surface area contributed by atoms with Crippen LogP contribution in [0.4, 0.5) is 0 Å². The molecule has 1 atom stereocenters. The molecule has 1 fully saturated rings. The van der Waals surface area contributed by atoms with Gasteiger partial charge in [-0.3, -0.25) is 4.90 Å². The first-order valence-corrected chi connectivity index (χ1v) is 5.99. The first kappa shape index (κ1) is 10.4. The summed E-state index contributed by atoms with van der Waals surface area (Å²) in [4.78, 5) is 6.67. The molecule has 0 radical (unpaired) electrons. The summed E-state index contributed by atoms with van der Waals surface area (Å²) in [6.45, 7) is 6.41. The second-order valence-electron chi connectivity index (χ2n) is 3.65. The highest BCUT2D eigenvalue weighted by Gasteiger charge is 2.16. The summed E-state index contributed by atoms with van der Waals surface area (Å²) in [5.74, 6) is 0. The fraction of sp³-hybridized carbons (Fsp3) is 0.667. The van der Waals surface area contributed by atoms with Gasteiger partial charge in [-0.15, -0.1) is 11.3 Å². The topological polar surface area (TPSA) is 28.2 Å². The third kappa shape index (κ3) is 2.67. The third-order valence-corrected chi connectivity index (χ3v) is 3.44. The molecule has 14 heavy (non-hydrogen) atoms. The van der Waals surface area contributed by atoms with Crippen molar-refractivity contribution in [2.45, 2.75) is 19.5 Å². The molecule has 0 bridgehead atoms. The predicted molar refractivity (Wildman–Crippen MR) is 59.9 cm³/mol. The van der Waals surface area contributed by atoms with Crippen molar-refractivity contribution in [3.63, 3.8) is 0 Å². The molecule has 2 heterocycles. The summed E-state index contributed by atoms with van der Waals surface area (Å²) >= 11 is 7.41. The largest absolute Gasteiger partial charge is 0.312 e. The molecule has 1 aromatic rings. The lowest BCUT2D eigenvalue weighted by Crippen LogP contribution is -2.48. The minimum absolute atomic E-state index is 0.583. The van der Waals surface area contributed by atoms with Gasteiger partial charge in [-0.25, -0.2) is 4.98 Å². The molecule has 1 aliphatic rings. The Kier molecular flexibility index (Phi) is 3.38. The van der Waals surface area contributed by atoms with Gasteiger partial charge in [0.05, 0.1) is 12.7 Å². The van der Waals surface area contributed by atoms with E-state index < -0.39 is 0 Å². The van der Waals surface area contributed by atoms with Gasteiger partial charge >= 0.3 is 0 Å². The molecule has 0 aliphatic carbocycles. The van der Waals surface area contributed by atoms with Gasteiger partial charge in [-0.2, -0.15) is 0 Å². The quantitative estimate of drug-likeness (QED) is 0.838. The molecule has 0 amide bonds. The van der Waals surface area contributed by atoms with E-state index in [1.165, 1.54) is 0 Å². The van der Waals surface area contributed by atoms with Crippen LogP contribution < -0.4 is 5.32 Å². The number of aromatic nitrogens is 1. The number of piperazine rings is 1. The lowest BCUT2D eigenvalue weighted by molar-refractivity contribution is 0.199. The first-order valence-electron chi connectivity index (χ1n) is 4.80. The van der Waals surface area contributed by atoms with E-state index in [9.17, 15) is 0 Å². The Morgan fingerprint density at radius 1 is 1.79 bits per heavy atom. The van der Waals surface area contributed by atoms with E-state index in [1.54, 1.807) is 17.5 Å². The molecule has 1 aliphatic heterocycles. The van der Waals surface area contributed by atoms with Crippen LogP contribution in [0.1, 0.15) is 11.9 Å². The molecule has 1 saturated heterocycles. The number of hydrogen-bond acceptors (Lipinski definition) is 4. The normalized spacial score (nSPS) is 24.0. The van der Waals surface area contributed by atoms with Gasteiger partial charge in [0, 0.05) is 25.7 Å². The number of hydrogen-bond donors (Lipinski definition) is 1. The van der Waals surface area contributed by atoms with Crippen LogP contribution >= 0.6 is 22.9 Å². The zero-order chi connectivity index (χ0) is 9.97. The summed E-state index contributed by atoms with van der Waals surface area (Å²) < 4.78 is 0.781. The Labute approximate surface area is 93.1 Å². The first-order chi connectivity index (χ1) is 6.74. The maximum Gasteiger partial charge on any atom is 0.113 e.